The largest absolute Gasteiger partial charge is 0.355 e. The standard InChI is InChI=1S/C18H32N4O2.2ClH/c1-2-7-20-15(23)11-22-8-5-14(6-9-22)21-18(24)16-12-3-4-13(10-12)17(16)19;;/h12-14,16-17H,2-11,19H2,1H3,(H,20,23)(H,21,24);2*1H. The summed E-state index contributed by atoms with van der Waals surface area (Å²) in [5.74, 6) is 1.38. The summed E-state index contributed by atoms with van der Waals surface area (Å²) < 4.78 is 0. The van der Waals surface area contributed by atoms with Gasteiger partial charge in [-0.05, 0) is 50.4 Å². The maximum absolute atomic E-state index is 12.6. The van der Waals surface area contributed by atoms with E-state index in [0.717, 1.165) is 45.3 Å². The number of likely N-dealkylation sites (tertiary alicyclic amines) is 1. The summed E-state index contributed by atoms with van der Waals surface area (Å²) >= 11 is 0. The number of hydrogen-bond donors (Lipinski definition) is 3. The lowest BCUT2D eigenvalue weighted by Crippen LogP contribution is -2.51. The van der Waals surface area contributed by atoms with Crippen LogP contribution in [0.15, 0.2) is 0 Å². The van der Waals surface area contributed by atoms with E-state index in [-0.39, 0.29) is 54.6 Å². The molecule has 2 bridgehead atoms. The predicted molar refractivity (Wildman–Crippen MR) is 108 cm³/mol. The van der Waals surface area contributed by atoms with E-state index in [2.05, 4.69) is 22.5 Å². The van der Waals surface area contributed by atoms with Gasteiger partial charge in [0.1, 0.15) is 0 Å². The Kier molecular flexibility index (Phi) is 9.65. The number of piperidine rings is 1. The summed E-state index contributed by atoms with van der Waals surface area (Å²) in [4.78, 5) is 26.6. The highest BCUT2D eigenvalue weighted by Crippen LogP contribution is 2.47. The zero-order valence-corrected chi connectivity index (χ0v) is 17.2. The first-order valence-electron chi connectivity index (χ1n) is 9.63. The number of fused-ring (bicyclic) bond motifs is 2. The molecule has 26 heavy (non-hydrogen) atoms. The number of halogens is 2. The summed E-state index contributed by atoms with van der Waals surface area (Å²) in [6, 6.07) is 0.296. The monoisotopic (exact) mass is 408 g/mol. The molecule has 1 aliphatic heterocycles. The van der Waals surface area contributed by atoms with Crippen LogP contribution in [0.4, 0.5) is 0 Å². The van der Waals surface area contributed by atoms with E-state index >= 15 is 0 Å². The van der Waals surface area contributed by atoms with E-state index in [0.29, 0.717) is 18.4 Å². The van der Waals surface area contributed by atoms with E-state index < -0.39 is 0 Å². The van der Waals surface area contributed by atoms with Crippen LogP contribution in [0.1, 0.15) is 45.4 Å². The molecule has 2 amide bonds. The molecule has 4 N–H and O–H groups in total. The van der Waals surface area contributed by atoms with Gasteiger partial charge in [-0.15, -0.1) is 24.8 Å². The Morgan fingerprint density at radius 1 is 1.08 bits per heavy atom. The summed E-state index contributed by atoms with van der Waals surface area (Å²) in [7, 11) is 0. The van der Waals surface area contributed by atoms with Gasteiger partial charge in [-0.2, -0.15) is 0 Å². The lowest BCUT2D eigenvalue weighted by Gasteiger charge is -2.34. The molecule has 6 nitrogen and oxygen atoms in total. The number of carbonyl (C=O) groups is 2. The van der Waals surface area contributed by atoms with Crippen molar-refractivity contribution in [1.82, 2.24) is 15.5 Å². The molecular formula is C18H34Cl2N4O2. The van der Waals surface area contributed by atoms with E-state index in [1.165, 1.54) is 12.8 Å². The van der Waals surface area contributed by atoms with Crippen molar-refractivity contribution in [2.75, 3.05) is 26.2 Å². The molecular weight excluding hydrogens is 375 g/mol. The van der Waals surface area contributed by atoms with Crippen molar-refractivity contribution >= 4 is 36.6 Å². The number of nitrogens with one attached hydrogen (secondary N) is 2. The quantitative estimate of drug-likeness (QED) is 0.618. The van der Waals surface area contributed by atoms with Gasteiger partial charge in [-0.25, -0.2) is 0 Å². The molecule has 0 radical (unpaired) electrons. The Hall–Kier alpha value is -0.560. The molecule has 8 heteroatoms. The molecule has 1 heterocycles. The third-order valence-corrected chi connectivity index (χ3v) is 6.16. The van der Waals surface area contributed by atoms with Crippen LogP contribution < -0.4 is 16.4 Å². The first kappa shape index (κ1) is 23.5. The van der Waals surface area contributed by atoms with Gasteiger partial charge in [-0.3, -0.25) is 14.5 Å². The van der Waals surface area contributed by atoms with Gasteiger partial charge in [0.15, 0.2) is 0 Å². The minimum absolute atomic E-state index is 0. The van der Waals surface area contributed by atoms with Crippen molar-refractivity contribution in [2.45, 2.75) is 57.5 Å². The molecule has 152 valence electrons. The van der Waals surface area contributed by atoms with Crippen molar-refractivity contribution in [2.24, 2.45) is 23.5 Å². The van der Waals surface area contributed by atoms with Gasteiger partial charge in [0.2, 0.25) is 11.8 Å². The molecule has 0 aromatic heterocycles. The van der Waals surface area contributed by atoms with Gasteiger partial charge < -0.3 is 16.4 Å². The zero-order valence-electron chi connectivity index (χ0n) is 15.6. The number of hydrogen-bond acceptors (Lipinski definition) is 4. The van der Waals surface area contributed by atoms with Gasteiger partial charge >= 0.3 is 0 Å². The highest BCUT2D eigenvalue weighted by molar-refractivity contribution is 5.85. The number of nitrogens with two attached hydrogens (primary N) is 1. The minimum atomic E-state index is 0. The second kappa shape index (κ2) is 10.7. The Morgan fingerprint density at radius 2 is 1.73 bits per heavy atom. The third-order valence-electron chi connectivity index (χ3n) is 6.16. The van der Waals surface area contributed by atoms with Crippen LogP contribution in [-0.2, 0) is 9.59 Å². The predicted octanol–water partition coefficient (Wildman–Crippen LogP) is 1.31. The topological polar surface area (TPSA) is 87.5 Å². The zero-order chi connectivity index (χ0) is 17.1. The van der Waals surface area contributed by atoms with Gasteiger partial charge in [0.05, 0.1) is 12.5 Å². The maximum Gasteiger partial charge on any atom is 0.234 e. The third kappa shape index (κ3) is 5.47. The van der Waals surface area contributed by atoms with E-state index in [4.69, 9.17) is 5.73 Å². The number of carbonyl (C=O) groups excluding carboxylic acids is 2. The fourth-order valence-electron chi connectivity index (χ4n) is 4.78. The lowest BCUT2D eigenvalue weighted by atomic mass is 9.84. The summed E-state index contributed by atoms with van der Waals surface area (Å²) in [6.45, 7) is 5.00. The molecule has 2 aliphatic carbocycles. The molecule has 4 atom stereocenters. The highest BCUT2D eigenvalue weighted by Gasteiger charge is 2.49. The molecule has 0 spiro atoms. The molecule has 1 saturated heterocycles. The average Bonchev–Trinajstić information content (AvgIpc) is 3.15. The van der Waals surface area contributed by atoms with Crippen LogP contribution in [0, 0.1) is 17.8 Å². The van der Waals surface area contributed by atoms with Gasteiger partial charge in [0, 0.05) is 31.7 Å². The Morgan fingerprint density at radius 3 is 2.31 bits per heavy atom. The normalized spacial score (nSPS) is 31.0. The van der Waals surface area contributed by atoms with Crippen molar-refractivity contribution in [3.8, 4) is 0 Å². The number of rotatable bonds is 6. The van der Waals surface area contributed by atoms with Crippen LogP contribution in [0.5, 0.6) is 0 Å². The average molecular weight is 409 g/mol. The van der Waals surface area contributed by atoms with Crippen LogP contribution in [0.25, 0.3) is 0 Å². The van der Waals surface area contributed by atoms with Crippen molar-refractivity contribution in [1.29, 1.82) is 0 Å². The van der Waals surface area contributed by atoms with Gasteiger partial charge in [-0.1, -0.05) is 6.92 Å². The SMILES string of the molecule is CCCNC(=O)CN1CCC(NC(=O)C2C3CCC(C3)C2N)CC1.Cl.Cl. The summed E-state index contributed by atoms with van der Waals surface area (Å²) in [5.41, 5.74) is 6.27. The molecule has 2 saturated carbocycles. The minimum Gasteiger partial charge on any atom is -0.355 e. The molecule has 3 fully saturated rings. The first-order valence-corrected chi connectivity index (χ1v) is 9.63. The Bertz CT molecular complexity index is 470. The summed E-state index contributed by atoms with van der Waals surface area (Å²) in [6.07, 6.45) is 6.32. The van der Waals surface area contributed by atoms with Crippen LogP contribution in [0.3, 0.4) is 0 Å². The molecule has 4 unspecified atom stereocenters. The van der Waals surface area contributed by atoms with Gasteiger partial charge in [0.25, 0.3) is 0 Å². The second-order valence-corrected chi connectivity index (χ2v) is 7.85. The summed E-state index contributed by atoms with van der Waals surface area (Å²) in [5, 5.41) is 6.15. The lowest BCUT2D eigenvalue weighted by molar-refractivity contribution is -0.128. The maximum atomic E-state index is 12.6. The molecule has 0 aromatic rings. The van der Waals surface area contributed by atoms with Crippen LogP contribution in [-0.4, -0.2) is 55.0 Å². The van der Waals surface area contributed by atoms with Crippen LogP contribution >= 0.6 is 24.8 Å². The van der Waals surface area contributed by atoms with E-state index in [1.807, 2.05) is 0 Å². The Labute approximate surface area is 169 Å². The Balaban J connectivity index is 0.00000169. The second-order valence-electron chi connectivity index (χ2n) is 7.85. The fraction of sp³-hybridized carbons (Fsp3) is 0.889. The van der Waals surface area contributed by atoms with E-state index in [9.17, 15) is 9.59 Å². The van der Waals surface area contributed by atoms with Crippen LogP contribution in [0.2, 0.25) is 0 Å². The molecule has 0 aromatic carbocycles. The smallest absolute Gasteiger partial charge is 0.234 e. The van der Waals surface area contributed by atoms with Crippen molar-refractivity contribution < 1.29 is 9.59 Å². The van der Waals surface area contributed by atoms with Crippen molar-refractivity contribution in [3.05, 3.63) is 0 Å². The van der Waals surface area contributed by atoms with E-state index in [1.54, 1.807) is 0 Å². The first-order chi connectivity index (χ1) is 11.6. The number of nitrogens with zero attached hydrogens (tertiary/aromatic N) is 1. The molecule has 3 aliphatic rings. The fourth-order valence-corrected chi connectivity index (χ4v) is 4.78. The molecule has 3 rings (SSSR count). The van der Waals surface area contributed by atoms with Crippen molar-refractivity contribution in [3.63, 3.8) is 0 Å². The highest BCUT2D eigenvalue weighted by atomic mass is 35.5. The number of amides is 2.